The van der Waals surface area contributed by atoms with Crippen molar-refractivity contribution in [3.05, 3.63) is 16.3 Å². The van der Waals surface area contributed by atoms with E-state index in [0.717, 1.165) is 51.0 Å². The number of aromatic nitrogens is 3. The maximum absolute atomic E-state index is 12.7. The lowest BCUT2D eigenvalue weighted by Crippen LogP contribution is -2.39. The van der Waals surface area contributed by atoms with E-state index in [1.54, 1.807) is 7.05 Å². The molecule has 1 aromatic rings. The van der Waals surface area contributed by atoms with E-state index in [0.29, 0.717) is 23.8 Å². The number of likely N-dealkylation sites (tertiary alicyclic amines) is 1. The Morgan fingerprint density at radius 1 is 0.963 bits per heavy atom. The van der Waals surface area contributed by atoms with Crippen molar-refractivity contribution in [2.45, 2.75) is 89.0 Å². The predicted octanol–water partition coefficient (Wildman–Crippen LogP) is 3.37. The van der Waals surface area contributed by atoms with Crippen LogP contribution in [0.3, 0.4) is 0 Å². The van der Waals surface area contributed by atoms with Crippen LogP contribution in [0.4, 0.5) is 0 Å². The summed E-state index contributed by atoms with van der Waals surface area (Å²) in [6.45, 7) is 1.62. The SMILES string of the molecule is Cn1nc(C2CCN(C(=O)CC3CCCCC3)CC2)n(C2CCCC2)c1=O. The Kier molecular flexibility index (Phi) is 5.69. The van der Waals surface area contributed by atoms with Crippen molar-refractivity contribution in [2.75, 3.05) is 13.1 Å². The number of hydrogen-bond donors (Lipinski definition) is 0. The van der Waals surface area contributed by atoms with Gasteiger partial charge in [-0.15, -0.1) is 0 Å². The van der Waals surface area contributed by atoms with Gasteiger partial charge in [-0.25, -0.2) is 9.48 Å². The molecular weight excluding hydrogens is 340 g/mol. The monoisotopic (exact) mass is 374 g/mol. The summed E-state index contributed by atoms with van der Waals surface area (Å²) in [5, 5.41) is 4.61. The van der Waals surface area contributed by atoms with E-state index in [4.69, 9.17) is 0 Å². The lowest BCUT2D eigenvalue weighted by Gasteiger charge is -2.33. The molecule has 2 heterocycles. The number of nitrogens with zero attached hydrogens (tertiary/aromatic N) is 4. The highest BCUT2D eigenvalue weighted by Gasteiger charge is 2.32. The Hall–Kier alpha value is -1.59. The summed E-state index contributed by atoms with van der Waals surface area (Å²) in [6.07, 6.45) is 13.6. The number of piperidine rings is 1. The third-order valence-electron chi connectivity index (χ3n) is 7.07. The summed E-state index contributed by atoms with van der Waals surface area (Å²) in [4.78, 5) is 27.4. The zero-order chi connectivity index (χ0) is 18.8. The van der Waals surface area contributed by atoms with Gasteiger partial charge in [0.1, 0.15) is 5.82 Å². The molecule has 0 unspecified atom stereocenters. The maximum Gasteiger partial charge on any atom is 0.345 e. The molecule has 0 atom stereocenters. The minimum absolute atomic E-state index is 0.0349. The molecule has 3 aliphatic rings. The quantitative estimate of drug-likeness (QED) is 0.812. The third kappa shape index (κ3) is 3.99. The van der Waals surface area contributed by atoms with Crippen LogP contribution in [0.2, 0.25) is 0 Å². The van der Waals surface area contributed by atoms with E-state index < -0.39 is 0 Å². The molecule has 2 saturated carbocycles. The second kappa shape index (κ2) is 8.19. The Labute approximate surface area is 161 Å². The van der Waals surface area contributed by atoms with Gasteiger partial charge in [0.2, 0.25) is 5.91 Å². The maximum atomic E-state index is 12.7. The van der Waals surface area contributed by atoms with Gasteiger partial charge in [-0.05, 0) is 44.4 Å². The van der Waals surface area contributed by atoms with Gasteiger partial charge in [0.25, 0.3) is 0 Å². The van der Waals surface area contributed by atoms with Crippen LogP contribution >= 0.6 is 0 Å². The molecule has 2 aliphatic carbocycles. The molecule has 0 aromatic carbocycles. The van der Waals surface area contributed by atoms with E-state index in [2.05, 4.69) is 10.00 Å². The van der Waals surface area contributed by atoms with Crippen LogP contribution in [0.5, 0.6) is 0 Å². The zero-order valence-electron chi connectivity index (χ0n) is 16.7. The molecule has 1 saturated heterocycles. The second-order valence-corrected chi connectivity index (χ2v) is 8.94. The van der Waals surface area contributed by atoms with E-state index >= 15 is 0 Å². The van der Waals surface area contributed by atoms with Crippen LogP contribution in [0, 0.1) is 5.92 Å². The highest BCUT2D eigenvalue weighted by molar-refractivity contribution is 5.76. The molecule has 0 N–H and O–H groups in total. The lowest BCUT2D eigenvalue weighted by atomic mass is 9.86. The van der Waals surface area contributed by atoms with Gasteiger partial charge >= 0.3 is 5.69 Å². The smallest absolute Gasteiger partial charge is 0.343 e. The molecule has 0 bridgehead atoms. The molecule has 1 aromatic heterocycles. The molecule has 3 fully saturated rings. The molecule has 0 spiro atoms. The summed E-state index contributed by atoms with van der Waals surface area (Å²) in [5.41, 5.74) is 0.0349. The Morgan fingerprint density at radius 3 is 2.26 bits per heavy atom. The van der Waals surface area contributed by atoms with Crippen LogP contribution in [-0.4, -0.2) is 38.2 Å². The van der Waals surface area contributed by atoms with Crippen LogP contribution in [0.1, 0.15) is 94.8 Å². The zero-order valence-corrected chi connectivity index (χ0v) is 16.7. The van der Waals surface area contributed by atoms with E-state index in [-0.39, 0.29) is 5.69 Å². The molecule has 150 valence electrons. The van der Waals surface area contributed by atoms with E-state index in [9.17, 15) is 9.59 Å². The van der Waals surface area contributed by atoms with Gasteiger partial charge in [-0.3, -0.25) is 9.36 Å². The minimum Gasteiger partial charge on any atom is -0.343 e. The minimum atomic E-state index is 0.0349. The number of rotatable bonds is 4. The fraction of sp³-hybridized carbons (Fsp3) is 0.857. The molecule has 1 amide bonds. The summed E-state index contributed by atoms with van der Waals surface area (Å²) < 4.78 is 3.49. The van der Waals surface area contributed by atoms with Gasteiger partial charge in [0.15, 0.2) is 0 Å². The van der Waals surface area contributed by atoms with Gasteiger partial charge in [0, 0.05) is 38.5 Å². The number of hydrogen-bond acceptors (Lipinski definition) is 3. The number of amides is 1. The van der Waals surface area contributed by atoms with Crippen molar-refractivity contribution in [3.8, 4) is 0 Å². The summed E-state index contributed by atoms with van der Waals surface area (Å²) in [6, 6.07) is 0.326. The molecular formula is C21H34N4O2. The van der Waals surface area contributed by atoms with Crippen LogP contribution in [0.25, 0.3) is 0 Å². The Balaban J connectivity index is 1.38. The fourth-order valence-corrected chi connectivity index (χ4v) is 5.44. The van der Waals surface area contributed by atoms with Crippen molar-refractivity contribution in [1.29, 1.82) is 0 Å². The summed E-state index contributed by atoms with van der Waals surface area (Å²) in [5.74, 6) is 2.22. The summed E-state index contributed by atoms with van der Waals surface area (Å²) in [7, 11) is 1.76. The summed E-state index contributed by atoms with van der Waals surface area (Å²) >= 11 is 0. The van der Waals surface area contributed by atoms with Gasteiger partial charge in [-0.1, -0.05) is 32.1 Å². The van der Waals surface area contributed by atoms with Gasteiger partial charge in [-0.2, -0.15) is 5.10 Å². The van der Waals surface area contributed by atoms with Crippen molar-refractivity contribution >= 4 is 5.91 Å². The molecule has 27 heavy (non-hydrogen) atoms. The Bertz CT molecular complexity index is 702. The average Bonchev–Trinajstić information content (AvgIpc) is 3.31. The lowest BCUT2D eigenvalue weighted by molar-refractivity contribution is -0.133. The van der Waals surface area contributed by atoms with Crippen molar-refractivity contribution < 1.29 is 4.79 Å². The van der Waals surface area contributed by atoms with Crippen molar-refractivity contribution in [1.82, 2.24) is 19.2 Å². The molecule has 6 heteroatoms. The first-order valence-electron chi connectivity index (χ1n) is 11.1. The predicted molar refractivity (Wildman–Crippen MR) is 105 cm³/mol. The highest BCUT2D eigenvalue weighted by atomic mass is 16.2. The van der Waals surface area contributed by atoms with Crippen LogP contribution in [0.15, 0.2) is 4.79 Å². The third-order valence-corrected chi connectivity index (χ3v) is 7.07. The molecule has 6 nitrogen and oxygen atoms in total. The first kappa shape index (κ1) is 18.8. The molecule has 1 aliphatic heterocycles. The van der Waals surface area contributed by atoms with Gasteiger partial charge < -0.3 is 4.90 Å². The van der Waals surface area contributed by atoms with E-state index in [1.165, 1.54) is 49.6 Å². The second-order valence-electron chi connectivity index (χ2n) is 8.94. The fourth-order valence-electron chi connectivity index (χ4n) is 5.44. The largest absolute Gasteiger partial charge is 0.345 e. The van der Waals surface area contributed by atoms with Crippen LogP contribution in [-0.2, 0) is 11.8 Å². The Morgan fingerprint density at radius 2 is 1.59 bits per heavy atom. The standard InChI is InChI=1S/C21H34N4O2/c1-23-21(27)25(18-9-5-6-10-18)20(22-23)17-11-13-24(14-12-17)19(26)15-16-7-3-2-4-8-16/h16-18H,2-15H2,1H3. The topological polar surface area (TPSA) is 60.1 Å². The first-order valence-corrected chi connectivity index (χ1v) is 11.1. The number of aryl methyl sites for hydroxylation is 1. The first-order chi connectivity index (χ1) is 13.1. The number of carbonyl (C=O) groups excluding carboxylic acids is 1. The van der Waals surface area contributed by atoms with Gasteiger partial charge in [0.05, 0.1) is 0 Å². The number of carbonyl (C=O) groups is 1. The molecule has 0 radical (unpaired) electrons. The van der Waals surface area contributed by atoms with E-state index in [1.807, 2.05) is 4.57 Å². The average molecular weight is 375 g/mol. The molecule has 4 rings (SSSR count). The van der Waals surface area contributed by atoms with Crippen LogP contribution < -0.4 is 5.69 Å². The van der Waals surface area contributed by atoms with Crippen molar-refractivity contribution in [3.63, 3.8) is 0 Å². The normalized spacial score (nSPS) is 23.2. The van der Waals surface area contributed by atoms with Crippen molar-refractivity contribution in [2.24, 2.45) is 13.0 Å². The highest BCUT2D eigenvalue weighted by Crippen LogP contribution is 2.34.